The quantitative estimate of drug-likeness (QED) is 0.800. The number of hydrogen-bond acceptors (Lipinski definition) is 2. The molecule has 0 amide bonds. The van der Waals surface area contributed by atoms with Gasteiger partial charge >= 0.3 is 0 Å². The second-order valence-electron chi connectivity index (χ2n) is 4.24. The van der Waals surface area contributed by atoms with Gasteiger partial charge in [0.1, 0.15) is 6.61 Å². The average Bonchev–Trinajstić information content (AvgIpc) is 3.10. The van der Waals surface area contributed by atoms with E-state index in [0.717, 1.165) is 6.54 Å². The molecule has 16 heavy (non-hydrogen) atoms. The summed E-state index contributed by atoms with van der Waals surface area (Å²) in [5, 5.41) is 3.39. The van der Waals surface area contributed by atoms with Crippen molar-refractivity contribution in [3.63, 3.8) is 0 Å². The van der Waals surface area contributed by atoms with Crippen molar-refractivity contribution in [3.8, 4) is 5.75 Å². The Morgan fingerprint density at radius 3 is 2.81 bits per heavy atom. The zero-order valence-corrected chi connectivity index (χ0v) is 9.58. The van der Waals surface area contributed by atoms with E-state index in [1.807, 2.05) is 0 Å². The first-order chi connectivity index (χ1) is 7.81. The minimum atomic E-state index is -0.284. The van der Waals surface area contributed by atoms with Crippen molar-refractivity contribution in [2.24, 2.45) is 5.92 Å². The van der Waals surface area contributed by atoms with Crippen molar-refractivity contribution < 1.29 is 9.13 Å². The van der Waals surface area contributed by atoms with Crippen molar-refractivity contribution in [2.75, 3.05) is 13.2 Å². The first-order valence-electron chi connectivity index (χ1n) is 5.92. The number of ether oxygens (including phenoxy) is 1. The molecule has 1 N–H and O–H groups in total. The van der Waals surface area contributed by atoms with Gasteiger partial charge < -0.3 is 10.1 Å². The fourth-order valence-electron chi connectivity index (χ4n) is 1.86. The highest BCUT2D eigenvalue weighted by Gasteiger charge is 2.31. The van der Waals surface area contributed by atoms with Crippen LogP contribution in [0.2, 0.25) is 0 Å². The molecule has 1 aliphatic rings. The van der Waals surface area contributed by atoms with Gasteiger partial charge in [0.25, 0.3) is 0 Å². The summed E-state index contributed by atoms with van der Waals surface area (Å²) in [6.45, 7) is 3.57. The summed E-state index contributed by atoms with van der Waals surface area (Å²) in [4.78, 5) is 0. The van der Waals surface area contributed by atoms with Crippen LogP contribution in [0.5, 0.6) is 5.75 Å². The summed E-state index contributed by atoms with van der Waals surface area (Å²) in [5.74, 6) is 0.784. The zero-order valence-electron chi connectivity index (χ0n) is 9.58. The Labute approximate surface area is 95.8 Å². The summed E-state index contributed by atoms with van der Waals surface area (Å²) in [6.07, 6.45) is 2.52. The highest BCUT2D eigenvalue weighted by molar-refractivity contribution is 5.23. The van der Waals surface area contributed by atoms with Gasteiger partial charge in [-0.15, -0.1) is 0 Å². The fourth-order valence-corrected chi connectivity index (χ4v) is 1.86. The number of halogens is 1. The van der Waals surface area contributed by atoms with Crippen LogP contribution in [-0.2, 0) is 0 Å². The van der Waals surface area contributed by atoms with Crippen LogP contribution in [0.25, 0.3) is 0 Å². The smallest absolute Gasteiger partial charge is 0.165 e. The molecule has 88 valence electrons. The number of nitrogens with one attached hydrogen (secondary N) is 1. The number of para-hydroxylation sites is 1. The average molecular weight is 223 g/mol. The Morgan fingerprint density at radius 1 is 1.44 bits per heavy atom. The van der Waals surface area contributed by atoms with E-state index in [1.165, 1.54) is 18.9 Å². The summed E-state index contributed by atoms with van der Waals surface area (Å²) in [5.41, 5.74) is 0. The molecular formula is C13H18FNO. The maximum Gasteiger partial charge on any atom is 0.165 e. The monoisotopic (exact) mass is 223 g/mol. The molecule has 0 saturated heterocycles. The Hall–Kier alpha value is -1.09. The molecule has 1 unspecified atom stereocenters. The molecule has 2 nitrogen and oxygen atoms in total. The van der Waals surface area contributed by atoms with Gasteiger partial charge in [-0.05, 0) is 37.4 Å². The van der Waals surface area contributed by atoms with Crippen LogP contribution < -0.4 is 10.1 Å². The van der Waals surface area contributed by atoms with Gasteiger partial charge in [0.15, 0.2) is 11.6 Å². The van der Waals surface area contributed by atoms with Crippen LogP contribution in [-0.4, -0.2) is 19.2 Å². The largest absolute Gasteiger partial charge is 0.489 e. The molecule has 0 bridgehead atoms. The Bertz CT molecular complexity index is 338. The Kier molecular flexibility index (Phi) is 3.78. The molecular weight excluding hydrogens is 205 g/mol. The second-order valence-corrected chi connectivity index (χ2v) is 4.24. The fraction of sp³-hybridized carbons (Fsp3) is 0.538. The van der Waals surface area contributed by atoms with E-state index in [-0.39, 0.29) is 5.82 Å². The van der Waals surface area contributed by atoms with Crippen molar-refractivity contribution >= 4 is 0 Å². The van der Waals surface area contributed by atoms with Crippen LogP contribution in [0.4, 0.5) is 4.39 Å². The lowest BCUT2D eigenvalue weighted by Crippen LogP contribution is -2.36. The van der Waals surface area contributed by atoms with Crippen LogP contribution in [0, 0.1) is 11.7 Å². The summed E-state index contributed by atoms with van der Waals surface area (Å²) >= 11 is 0. The van der Waals surface area contributed by atoms with Crippen molar-refractivity contribution in [1.82, 2.24) is 5.32 Å². The van der Waals surface area contributed by atoms with Gasteiger partial charge in [-0.1, -0.05) is 19.1 Å². The van der Waals surface area contributed by atoms with Crippen molar-refractivity contribution in [3.05, 3.63) is 30.1 Å². The summed E-state index contributed by atoms with van der Waals surface area (Å²) in [6, 6.07) is 6.92. The molecule has 1 fully saturated rings. The molecule has 1 aliphatic carbocycles. The molecule has 0 radical (unpaired) electrons. The topological polar surface area (TPSA) is 21.3 Å². The molecule has 0 aromatic heterocycles. The number of benzene rings is 1. The van der Waals surface area contributed by atoms with E-state index in [4.69, 9.17) is 4.74 Å². The zero-order chi connectivity index (χ0) is 11.4. The molecule has 1 aromatic rings. The molecule has 3 heteroatoms. The van der Waals surface area contributed by atoms with Crippen molar-refractivity contribution in [1.29, 1.82) is 0 Å². The lowest BCUT2D eigenvalue weighted by atomic mass is 10.2. The molecule has 1 saturated carbocycles. The molecule has 0 aliphatic heterocycles. The number of likely N-dealkylation sites (N-methyl/N-ethyl adjacent to an activating group) is 1. The maximum atomic E-state index is 13.3. The highest BCUT2D eigenvalue weighted by Crippen LogP contribution is 2.33. The Balaban J connectivity index is 1.87. The maximum absolute atomic E-state index is 13.3. The third kappa shape index (κ3) is 2.95. The van der Waals surface area contributed by atoms with E-state index in [9.17, 15) is 4.39 Å². The van der Waals surface area contributed by atoms with Gasteiger partial charge in [-0.25, -0.2) is 4.39 Å². The van der Waals surface area contributed by atoms with Gasteiger partial charge in [-0.2, -0.15) is 0 Å². The minimum absolute atomic E-state index is 0.284. The van der Waals surface area contributed by atoms with Gasteiger partial charge in [0.2, 0.25) is 0 Å². The lowest BCUT2D eigenvalue weighted by molar-refractivity contribution is 0.242. The van der Waals surface area contributed by atoms with Gasteiger partial charge in [-0.3, -0.25) is 0 Å². The lowest BCUT2D eigenvalue weighted by Gasteiger charge is -2.18. The van der Waals surface area contributed by atoms with Gasteiger partial charge in [0.05, 0.1) is 0 Å². The van der Waals surface area contributed by atoms with Crippen LogP contribution in [0.3, 0.4) is 0 Å². The van der Waals surface area contributed by atoms with Crippen LogP contribution in [0.1, 0.15) is 19.8 Å². The minimum Gasteiger partial charge on any atom is -0.489 e. The summed E-state index contributed by atoms with van der Waals surface area (Å²) in [7, 11) is 0. The highest BCUT2D eigenvalue weighted by atomic mass is 19.1. The number of hydrogen-bond donors (Lipinski definition) is 1. The van der Waals surface area contributed by atoms with Crippen LogP contribution in [0.15, 0.2) is 24.3 Å². The third-order valence-electron chi connectivity index (χ3n) is 2.91. The standard InChI is InChI=1S/C13H18FNO/c1-2-15-12(10-7-8-10)9-16-13-6-4-3-5-11(13)14/h3-6,10,12,15H,2,7-9H2,1H3. The predicted octanol–water partition coefficient (Wildman–Crippen LogP) is 2.59. The van der Waals surface area contributed by atoms with E-state index in [0.29, 0.717) is 24.3 Å². The normalized spacial score (nSPS) is 17.1. The van der Waals surface area contributed by atoms with E-state index in [1.54, 1.807) is 18.2 Å². The van der Waals surface area contributed by atoms with E-state index < -0.39 is 0 Å². The van der Waals surface area contributed by atoms with Gasteiger partial charge in [0, 0.05) is 6.04 Å². The van der Waals surface area contributed by atoms with Crippen LogP contribution >= 0.6 is 0 Å². The Morgan fingerprint density at radius 2 is 2.19 bits per heavy atom. The third-order valence-corrected chi connectivity index (χ3v) is 2.91. The first-order valence-corrected chi connectivity index (χ1v) is 5.92. The molecule has 1 atom stereocenters. The molecule has 0 heterocycles. The molecule has 1 aromatic carbocycles. The van der Waals surface area contributed by atoms with E-state index >= 15 is 0 Å². The molecule has 0 spiro atoms. The molecule has 2 rings (SSSR count). The summed E-state index contributed by atoms with van der Waals surface area (Å²) < 4.78 is 18.8. The SMILES string of the molecule is CCNC(COc1ccccc1F)C1CC1. The van der Waals surface area contributed by atoms with Crippen molar-refractivity contribution in [2.45, 2.75) is 25.8 Å². The predicted molar refractivity (Wildman–Crippen MR) is 62.1 cm³/mol. The van der Waals surface area contributed by atoms with E-state index in [2.05, 4.69) is 12.2 Å². The first kappa shape index (κ1) is 11.4. The second kappa shape index (κ2) is 5.30. The number of rotatable bonds is 6.